The second kappa shape index (κ2) is 4.61. The zero-order chi connectivity index (χ0) is 9.84. The second-order valence-corrected chi connectivity index (χ2v) is 3.93. The normalized spacial score (nSPS) is 12.6. The van der Waals surface area contributed by atoms with Gasteiger partial charge in [0, 0.05) is 16.2 Å². The molecule has 0 aliphatic carbocycles. The summed E-state index contributed by atoms with van der Waals surface area (Å²) < 4.78 is 13.5. The lowest BCUT2D eigenvalue weighted by molar-refractivity contribution is 0.627. The highest BCUT2D eigenvalue weighted by atomic mass is 79.9. The van der Waals surface area contributed by atoms with Crippen LogP contribution < -0.4 is 5.32 Å². The molecule has 72 valence electrons. The van der Waals surface area contributed by atoms with Gasteiger partial charge in [-0.1, -0.05) is 6.92 Å². The van der Waals surface area contributed by atoms with E-state index in [4.69, 9.17) is 0 Å². The Bertz CT molecular complexity index is 288. The van der Waals surface area contributed by atoms with E-state index in [1.54, 1.807) is 6.07 Å². The molecule has 1 atom stereocenters. The molecule has 1 aromatic rings. The van der Waals surface area contributed by atoms with Crippen LogP contribution in [0.3, 0.4) is 0 Å². The quantitative estimate of drug-likeness (QED) is 0.855. The molecule has 0 spiro atoms. The van der Waals surface area contributed by atoms with Gasteiger partial charge in [0.15, 0.2) is 0 Å². The van der Waals surface area contributed by atoms with E-state index in [-0.39, 0.29) is 5.82 Å². The SMILES string of the molecule is CCC(C)Nc1ccc(F)cc1Br. The van der Waals surface area contributed by atoms with Gasteiger partial charge in [-0.15, -0.1) is 0 Å². The molecule has 0 bridgehead atoms. The van der Waals surface area contributed by atoms with Gasteiger partial charge < -0.3 is 5.32 Å². The van der Waals surface area contributed by atoms with Crippen molar-refractivity contribution >= 4 is 21.6 Å². The summed E-state index contributed by atoms with van der Waals surface area (Å²) >= 11 is 3.30. The highest BCUT2D eigenvalue weighted by molar-refractivity contribution is 9.10. The van der Waals surface area contributed by atoms with Crippen LogP contribution in [0.5, 0.6) is 0 Å². The first-order valence-corrected chi connectivity index (χ1v) is 5.14. The van der Waals surface area contributed by atoms with Gasteiger partial charge >= 0.3 is 0 Å². The maximum absolute atomic E-state index is 12.7. The Hall–Kier alpha value is -0.570. The summed E-state index contributed by atoms with van der Waals surface area (Å²) in [4.78, 5) is 0. The monoisotopic (exact) mass is 245 g/mol. The van der Waals surface area contributed by atoms with E-state index in [0.29, 0.717) is 6.04 Å². The third-order valence-corrected chi connectivity index (χ3v) is 2.60. The average molecular weight is 246 g/mol. The van der Waals surface area contributed by atoms with Crippen molar-refractivity contribution in [2.24, 2.45) is 0 Å². The molecule has 0 amide bonds. The van der Waals surface area contributed by atoms with E-state index in [0.717, 1.165) is 16.6 Å². The van der Waals surface area contributed by atoms with E-state index in [9.17, 15) is 4.39 Å². The van der Waals surface area contributed by atoms with Crippen molar-refractivity contribution in [3.63, 3.8) is 0 Å². The largest absolute Gasteiger partial charge is 0.382 e. The zero-order valence-corrected chi connectivity index (χ0v) is 9.36. The van der Waals surface area contributed by atoms with E-state index in [2.05, 4.69) is 35.1 Å². The van der Waals surface area contributed by atoms with E-state index in [1.807, 2.05) is 0 Å². The Labute approximate surface area is 86.5 Å². The molecule has 1 N–H and O–H groups in total. The Kier molecular flexibility index (Phi) is 3.72. The Morgan fingerprint density at radius 2 is 2.23 bits per heavy atom. The minimum absolute atomic E-state index is 0.221. The Morgan fingerprint density at radius 3 is 2.77 bits per heavy atom. The lowest BCUT2D eigenvalue weighted by Gasteiger charge is -2.14. The zero-order valence-electron chi connectivity index (χ0n) is 7.77. The van der Waals surface area contributed by atoms with Gasteiger partial charge in [-0.25, -0.2) is 4.39 Å². The topological polar surface area (TPSA) is 12.0 Å². The Morgan fingerprint density at radius 1 is 1.54 bits per heavy atom. The fourth-order valence-electron chi connectivity index (χ4n) is 0.974. The van der Waals surface area contributed by atoms with Crippen LogP contribution in [0.25, 0.3) is 0 Å². The summed E-state index contributed by atoms with van der Waals surface area (Å²) in [6.45, 7) is 4.20. The lowest BCUT2D eigenvalue weighted by Crippen LogP contribution is -2.13. The molecule has 0 saturated carbocycles. The predicted molar refractivity (Wildman–Crippen MR) is 57.5 cm³/mol. The summed E-state index contributed by atoms with van der Waals surface area (Å²) in [5, 5.41) is 3.27. The van der Waals surface area contributed by atoms with Gasteiger partial charge in [-0.05, 0) is 47.5 Å². The molecule has 0 radical (unpaired) electrons. The third kappa shape index (κ3) is 2.99. The van der Waals surface area contributed by atoms with Crippen molar-refractivity contribution < 1.29 is 4.39 Å². The Balaban J connectivity index is 2.77. The number of benzene rings is 1. The maximum atomic E-state index is 12.7. The fourth-order valence-corrected chi connectivity index (χ4v) is 1.44. The van der Waals surface area contributed by atoms with Crippen molar-refractivity contribution in [3.05, 3.63) is 28.5 Å². The molecule has 0 heterocycles. The van der Waals surface area contributed by atoms with Crippen LogP contribution in [0.4, 0.5) is 10.1 Å². The number of anilines is 1. The van der Waals surface area contributed by atoms with Gasteiger partial charge in [0.2, 0.25) is 0 Å². The molecule has 1 nitrogen and oxygen atoms in total. The third-order valence-electron chi connectivity index (χ3n) is 1.95. The minimum Gasteiger partial charge on any atom is -0.382 e. The molecule has 0 fully saturated rings. The summed E-state index contributed by atoms with van der Waals surface area (Å²) in [6.07, 6.45) is 1.05. The predicted octanol–water partition coefficient (Wildman–Crippen LogP) is 3.80. The number of hydrogen-bond acceptors (Lipinski definition) is 1. The second-order valence-electron chi connectivity index (χ2n) is 3.08. The number of halogens is 2. The molecule has 0 aromatic heterocycles. The van der Waals surface area contributed by atoms with Gasteiger partial charge in [0.05, 0.1) is 0 Å². The summed E-state index contributed by atoms with van der Waals surface area (Å²) in [5.41, 5.74) is 0.941. The minimum atomic E-state index is -0.221. The highest BCUT2D eigenvalue weighted by Crippen LogP contribution is 2.23. The molecule has 1 aromatic carbocycles. The fraction of sp³-hybridized carbons (Fsp3) is 0.400. The lowest BCUT2D eigenvalue weighted by atomic mass is 10.2. The van der Waals surface area contributed by atoms with Crippen LogP contribution >= 0.6 is 15.9 Å². The summed E-state index contributed by atoms with van der Waals surface area (Å²) in [5.74, 6) is -0.221. The van der Waals surface area contributed by atoms with Gasteiger partial charge in [-0.2, -0.15) is 0 Å². The molecule has 0 aliphatic rings. The van der Waals surface area contributed by atoms with Crippen molar-refractivity contribution in [1.82, 2.24) is 0 Å². The van der Waals surface area contributed by atoms with Crippen LogP contribution in [-0.2, 0) is 0 Å². The molecule has 13 heavy (non-hydrogen) atoms. The number of nitrogens with one attached hydrogen (secondary N) is 1. The number of hydrogen-bond donors (Lipinski definition) is 1. The van der Waals surface area contributed by atoms with Gasteiger partial charge in [0.25, 0.3) is 0 Å². The standard InChI is InChI=1S/C10H13BrFN/c1-3-7(2)13-10-5-4-8(12)6-9(10)11/h4-7,13H,3H2,1-2H3. The van der Waals surface area contributed by atoms with Crippen molar-refractivity contribution in [1.29, 1.82) is 0 Å². The molecule has 1 rings (SSSR count). The van der Waals surface area contributed by atoms with Gasteiger partial charge in [-0.3, -0.25) is 0 Å². The van der Waals surface area contributed by atoms with Crippen LogP contribution in [0.2, 0.25) is 0 Å². The average Bonchev–Trinajstić information content (AvgIpc) is 2.09. The molecule has 0 saturated heterocycles. The number of rotatable bonds is 3. The molecule has 0 aliphatic heterocycles. The smallest absolute Gasteiger partial charge is 0.124 e. The first-order valence-electron chi connectivity index (χ1n) is 4.35. The van der Waals surface area contributed by atoms with E-state index < -0.39 is 0 Å². The van der Waals surface area contributed by atoms with E-state index in [1.165, 1.54) is 12.1 Å². The van der Waals surface area contributed by atoms with Crippen LogP contribution in [0.1, 0.15) is 20.3 Å². The van der Waals surface area contributed by atoms with Crippen LogP contribution in [0, 0.1) is 5.82 Å². The molecular weight excluding hydrogens is 233 g/mol. The van der Waals surface area contributed by atoms with Crippen molar-refractivity contribution in [2.45, 2.75) is 26.3 Å². The van der Waals surface area contributed by atoms with Crippen molar-refractivity contribution in [2.75, 3.05) is 5.32 Å². The van der Waals surface area contributed by atoms with Crippen LogP contribution in [0.15, 0.2) is 22.7 Å². The van der Waals surface area contributed by atoms with E-state index >= 15 is 0 Å². The molecule has 3 heteroatoms. The van der Waals surface area contributed by atoms with Crippen LogP contribution in [-0.4, -0.2) is 6.04 Å². The first kappa shape index (κ1) is 10.5. The summed E-state index contributed by atoms with van der Waals surface area (Å²) in [6, 6.07) is 5.06. The highest BCUT2D eigenvalue weighted by Gasteiger charge is 2.03. The summed E-state index contributed by atoms with van der Waals surface area (Å²) in [7, 11) is 0. The van der Waals surface area contributed by atoms with Gasteiger partial charge in [0.1, 0.15) is 5.82 Å². The molecular formula is C10H13BrFN. The van der Waals surface area contributed by atoms with Crippen molar-refractivity contribution in [3.8, 4) is 0 Å². The first-order chi connectivity index (χ1) is 6.13. The molecule has 1 unspecified atom stereocenters. The maximum Gasteiger partial charge on any atom is 0.124 e.